The van der Waals surface area contributed by atoms with Crippen LogP contribution in [0.15, 0.2) is 24.3 Å². The van der Waals surface area contributed by atoms with Gasteiger partial charge in [-0.25, -0.2) is 4.79 Å². The van der Waals surface area contributed by atoms with Crippen molar-refractivity contribution in [3.63, 3.8) is 0 Å². The van der Waals surface area contributed by atoms with Crippen molar-refractivity contribution in [3.05, 3.63) is 35.5 Å². The number of aliphatic carboxylic acids is 1. The van der Waals surface area contributed by atoms with Gasteiger partial charge in [-0.15, -0.1) is 0 Å². The van der Waals surface area contributed by atoms with Crippen LogP contribution in [0.1, 0.15) is 18.2 Å². The minimum absolute atomic E-state index is 0.334. The number of carboxylic acid groups (broad SMARTS) is 1. The van der Waals surface area contributed by atoms with Crippen LogP contribution in [0.2, 0.25) is 0 Å². The van der Waals surface area contributed by atoms with Gasteiger partial charge in [0.25, 0.3) is 0 Å². The Hall–Kier alpha value is -2.72. The maximum atomic E-state index is 12.9. The topological polar surface area (TPSA) is 64.4 Å². The molecule has 11 heteroatoms. The van der Waals surface area contributed by atoms with Crippen LogP contribution < -0.4 is 4.74 Å². The van der Waals surface area contributed by atoms with Crippen LogP contribution in [-0.4, -0.2) is 27.0 Å². The molecule has 1 N–H and O–H groups in total. The molecule has 1 heterocycles. The summed E-state index contributed by atoms with van der Waals surface area (Å²) in [6, 6.07) is 2.61. The molecule has 0 bridgehead atoms. The number of aromatic nitrogens is 2. The van der Waals surface area contributed by atoms with E-state index in [1.807, 2.05) is 0 Å². The molecule has 0 saturated carbocycles. The van der Waals surface area contributed by atoms with Gasteiger partial charge < -0.3 is 9.84 Å². The van der Waals surface area contributed by atoms with E-state index in [0.29, 0.717) is 22.9 Å². The highest BCUT2D eigenvalue weighted by atomic mass is 19.4. The number of alkyl halides is 6. The molecule has 1 aromatic heterocycles. The fourth-order valence-corrected chi connectivity index (χ4v) is 2.11. The molecular formula is C15H12F6N2O3. The molecule has 142 valence electrons. The van der Waals surface area contributed by atoms with Crippen molar-refractivity contribution in [1.82, 2.24) is 9.78 Å². The second kappa shape index (κ2) is 6.54. The predicted octanol–water partition coefficient (Wildman–Crippen LogP) is 3.98. The molecule has 0 spiro atoms. The van der Waals surface area contributed by atoms with Crippen molar-refractivity contribution in [3.8, 4) is 17.0 Å². The summed E-state index contributed by atoms with van der Waals surface area (Å²) in [6.07, 6.45) is -11.0. The molecule has 0 aliphatic rings. The van der Waals surface area contributed by atoms with E-state index in [4.69, 9.17) is 9.84 Å². The van der Waals surface area contributed by atoms with E-state index in [1.165, 1.54) is 0 Å². The van der Waals surface area contributed by atoms with E-state index < -0.39 is 46.9 Å². The number of ether oxygens (including phenoxy) is 1. The summed E-state index contributed by atoms with van der Waals surface area (Å²) in [5.41, 5.74) is -3.15. The minimum Gasteiger partial charge on any atom is -0.479 e. The molecule has 2 rings (SSSR count). The number of benzene rings is 1. The fraction of sp³-hybridized carbons (Fsp3) is 0.333. The zero-order valence-corrected chi connectivity index (χ0v) is 13.3. The predicted molar refractivity (Wildman–Crippen MR) is 76.4 cm³/mol. The first-order valence-corrected chi connectivity index (χ1v) is 7.03. The molecule has 2 aromatic rings. The molecule has 1 atom stereocenters. The first kappa shape index (κ1) is 19.6. The van der Waals surface area contributed by atoms with E-state index >= 15 is 0 Å². The third kappa shape index (κ3) is 4.09. The average Bonchev–Trinajstić information content (AvgIpc) is 2.88. The van der Waals surface area contributed by atoms with Crippen molar-refractivity contribution in [2.45, 2.75) is 25.4 Å². The number of carboxylic acids is 1. The van der Waals surface area contributed by atoms with E-state index in [0.717, 1.165) is 20.0 Å². The smallest absolute Gasteiger partial charge is 0.433 e. The summed E-state index contributed by atoms with van der Waals surface area (Å²) in [6.45, 7) is 1.13. The molecule has 1 unspecified atom stereocenters. The summed E-state index contributed by atoms with van der Waals surface area (Å²) in [5.74, 6) is -1.73. The van der Waals surface area contributed by atoms with Gasteiger partial charge >= 0.3 is 18.3 Å². The fourth-order valence-electron chi connectivity index (χ4n) is 2.11. The lowest BCUT2D eigenvalue weighted by atomic mass is 10.1. The Bertz CT molecular complexity index is 826. The summed E-state index contributed by atoms with van der Waals surface area (Å²) in [7, 11) is 0.986. The number of carbonyl (C=O) groups is 1. The van der Waals surface area contributed by atoms with Crippen molar-refractivity contribution in [2.24, 2.45) is 7.05 Å². The number of hydrogen-bond acceptors (Lipinski definition) is 3. The molecule has 0 aliphatic carbocycles. The second-order valence-corrected chi connectivity index (χ2v) is 5.34. The molecule has 1 aromatic carbocycles. The van der Waals surface area contributed by atoms with Crippen LogP contribution in [0.25, 0.3) is 11.3 Å². The monoisotopic (exact) mass is 382 g/mol. The summed E-state index contributed by atoms with van der Waals surface area (Å²) in [4.78, 5) is 10.9. The first-order chi connectivity index (χ1) is 11.8. The van der Waals surface area contributed by atoms with Gasteiger partial charge in [-0.05, 0) is 31.2 Å². The Morgan fingerprint density at radius 2 is 1.77 bits per heavy atom. The maximum absolute atomic E-state index is 12.9. The molecule has 0 saturated heterocycles. The van der Waals surface area contributed by atoms with Crippen molar-refractivity contribution in [1.29, 1.82) is 0 Å². The van der Waals surface area contributed by atoms with Gasteiger partial charge in [-0.1, -0.05) is 0 Å². The average molecular weight is 382 g/mol. The van der Waals surface area contributed by atoms with E-state index in [1.54, 1.807) is 0 Å². The second-order valence-electron chi connectivity index (χ2n) is 5.34. The highest BCUT2D eigenvalue weighted by molar-refractivity contribution is 5.74. The lowest BCUT2D eigenvalue weighted by Gasteiger charge is -2.15. The van der Waals surface area contributed by atoms with Crippen LogP contribution in [0.4, 0.5) is 26.3 Å². The quantitative estimate of drug-likeness (QED) is 0.813. The Morgan fingerprint density at radius 3 is 2.23 bits per heavy atom. The SMILES string of the molecule is CC(Oc1ccc(C(F)(F)F)cc1-c1cc(C(F)(F)F)n(C)n1)C(=O)O. The lowest BCUT2D eigenvalue weighted by Crippen LogP contribution is -2.23. The Balaban J connectivity index is 2.61. The van der Waals surface area contributed by atoms with Gasteiger partial charge in [0, 0.05) is 12.6 Å². The Labute approximate surface area is 142 Å². The zero-order valence-electron chi connectivity index (χ0n) is 13.3. The highest BCUT2D eigenvalue weighted by Gasteiger charge is 2.36. The first-order valence-electron chi connectivity index (χ1n) is 7.03. The lowest BCUT2D eigenvalue weighted by molar-refractivity contribution is -0.144. The molecule has 0 amide bonds. The Kier molecular flexibility index (Phi) is 4.93. The molecule has 26 heavy (non-hydrogen) atoms. The number of hydrogen-bond donors (Lipinski definition) is 1. The van der Waals surface area contributed by atoms with Crippen LogP contribution >= 0.6 is 0 Å². The largest absolute Gasteiger partial charge is 0.479 e. The van der Waals surface area contributed by atoms with Crippen molar-refractivity contribution in [2.75, 3.05) is 0 Å². The number of nitrogens with zero attached hydrogens (tertiary/aromatic N) is 2. The summed E-state index contributed by atoms with van der Waals surface area (Å²) < 4.78 is 83.1. The van der Waals surface area contributed by atoms with E-state index in [9.17, 15) is 31.1 Å². The summed E-state index contributed by atoms with van der Waals surface area (Å²) >= 11 is 0. The van der Waals surface area contributed by atoms with Gasteiger partial charge in [0.15, 0.2) is 6.10 Å². The molecule has 0 radical (unpaired) electrons. The normalized spacial score (nSPS) is 13.5. The summed E-state index contributed by atoms with van der Waals surface area (Å²) in [5, 5.41) is 12.5. The number of aryl methyl sites for hydroxylation is 1. The van der Waals surface area contributed by atoms with E-state index in [-0.39, 0.29) is 5.75 Å². The molecule has 0 fully saturated rings. The Morgan fingerprint density at radius 1 is 1.15 bits per heavy atom. The highest BCUT2D eigenvalue weighted by Crippen LogP contribution is 2.39. The van der Waals surface area contributed by atoms with Crippen molar-refractivity contribution >= 4 is 5.97 Å². The number of rotatable bonds is 4. The van der Waals surface area contributed by atoms with Crippen LogP contribution in [0.3, 0.4) is 0 Å². The van der Waals surface area contributed by atoms with Gasteiger partial charge in [0.1, 0.15) is 11.4 Å². The zero-order chi connectivity index (χ0) is 19.9. The number of halogens is 6. The molecular weight excluding hydrogens is 370 g/mol. The van der Waals surface area contributed by atoms with E-state index in [2.05, 4.69) is 5.10 Å². The standard InChI is InChI=1S/C15H12F6N2O3/c1-7(13(24)25)26-11-4-3-8(14(16,17)18)5-9(11)10-6-12(15(19,20)21)23(2)22-10/h3-7H,1-2H3,(H,24,25). The minimum atomic E-state index is -4.77. The van der Waals surface area contributed by atoms with Gasteiger partial charge in [-0.2, -0.15) is 31.4 Å². The van der Waals surface area contributed by atoms with Crippen LogP contribution in [0, 0.1) is 0 Å². The van der Waals surface area contributed by atoms with Gasteiger partial charge in [0.05, 0.1) is 11.3 Å². The van der Waals surface area contributed by atoms with Gasteiger partial charge in [-0.3, -0.25) is 4.68 Å². The molecule has 0 aliphatic heterocycles. The molecule has 5 nitrogen and oxygen atoms in total. The maximum Gasteiger partial charge on any atom is 0.433 e. The third-order valence-corrected chi connectivity index (χ3v) is 3.40. The van der Waals surface area contributed by atoms with Crippen LogP contribution in [-0.2, 0) is 24.2 Å². The van der Waals surface area contributed by atoms with Crippen LogP contribution in [0.5, 0.6) is 5.75 Å². The van der Waals surface area contributed by atoms with Gasteiger partial charge in [0.2, 0.25) is 0 Å². The third-order valence-electron chi connectivity index (χ3n) is 3.40. The van der Waals surface area contributed by atoms with Crippen molar-refractivity contribution < 1.29 is 41.0 Å².